The fraction of sp³-hybridized carbons (Fsp3) is 0.250. The van der Waals surface area contributed by atoms with E-state index in [1.165, 1.54) is 5.69 Å². The van der Waals surface area contributed by atoms with Crippen molar-refractivity contribution in [3.8, 4) is 17.4 Å². The van der Waals surface area contributed by atoms with E-state index in [-0.39, 0.29) is 5.91 Å². The predicted molar refractivity (Wildman–Crippen MR) is 118 cm³/mol. The van der Waals surface area contributed by atoms with Gasteiger partial charge in [-0.25, -0.2) is 0 Å². The fourth-order valence-corrected chi connectivity index (χ4v) is 3.66. The summed E-state index contributed by atoms with van der Waals surface area (Å²) in [5, 5.41) is 12.3. The molecule has 1 N–H and O–H groups in total. The Morgan fingerprint density at radius 1 is 1.07 bits per heavy atom. The number of hydrogen-bond donors (Lipinski definition) is 1. The number of amides is 1. The fourth-order valence-electron chi connectivity index (χ4n) is 3.66. The van der Waals surface area contributed by atoms with E-state index in [1.807, 2.05) is 31.2 Å². The van der Waals surface area contributed by atoms with Gasteiger partial charge in [0.1, 0.15) is 5.76 Å². The van der Waals surface area contributed by atoms with Crippen LogP contribution in [0, 0.1) is 11.3 Å². The van der Waals surface area contributed by atoms with Crippen molar-refractivity contribution in [2.24, 2.45) is 0 Å². The molecule has 1 aromatic heterocycles. The van der Waals surface area contributed by atoms with Gasteiger partial charge in [0.05, 0.1) is 11.6 Å². The molecular weight excluding hydrogens is 376 g/mol. The lowest BCUT2D eigenvalue weighted by atomic mass is 10.1. The van der Waals surface area contributed by atoms with Gasteiger partial charge in [-0.05, 0) is 67.6 Å². The summed E-state index contributed by atoms with van der Waals surface area (Å²) < 4.78 is 5.84. The summed E-state index contributed by atoms with van der Waals surface area (Å²) in [7, 11) is 0. The standard InChI is InChI=1S/C24H24N4O2/c1-2-28(21-9-7-20(8-10-21)27-15-13-26-14-16-27)24(29)23-12-11-22(30-23)19-5-3-18(17-25)4-6-19/h3-12,26H,2,13-16H2,1H3. The van der Waals surface area contributed by atoms with Crippen LogP contribution in [-0.2, 0) is 0 Å². The number of rotatable bonds is 5. The molecule has 1 aliphatic heterocycles. The van der Waals surface area contributed by atoms with Crippen molar-refractivity contribution < 1.29 is 9.21 Å². The normalized spacial score (nSPS) is 13.7. The second-order valence-electron chi connectivity index (χ2n) is 7.16. The lowest BCUT2D eigenvalue weighted by molar-refractivity contribution is 0.0962. The van der Waals surface area contributed by atoms with E-state index in [0.29, 0.717) is 23.6 Å². The van der Waals surface area contributed by atoms with E-state index in [4.69, 9.17) is 9.68 Å². The van der Waals surface area contributed by atoms with Crippen molar-refractivity contribution >= 4 is 17.3 Å². The zero-order chi connectivity index (χ0) is 20.9. The van der Waals surface area contributed by atoms with Crippen molar-refractivity contribution in [3.05, 3.63) is 72.0 Å². The number of piperazine rings is 1. The minimum absolute atomic E-state index is 0.174. The molecule has 0 aliphatic carbocycles. The van der Waals surface area contributed by atoms with Gasteiger partial charge in [0, 0.05) is 49.7 Å². The zero-order valence-corrected chi connectivity index (χ0v) is 17.0. The second-order valence-corrected chi connectivity index (χ2v) is 7.16. The van der Waals surface area contributed by atoms with Crippen LogP contribution in [0.5, 0.6) is 0 Å². The number of hydrogen-bond acceptors (Lipinski definition) is 5. The average molecular weight is 400 g/mol. The van der Waals surface area contributed by atoms with Crippen LogP contribution in [0.2, 0.25) is 0 Å². The molecule has 0 bridgehead atoms. The summed E-state index contributed by atoms with van der Waals surface area (Å²) in [6.45, 7) is 6.44. The SMILES string of the molecule is CCN(C(=O)c1ccc(-c2ccc(C#N)cc2)o1)c1ccc(N2CCNCC2)cc1. The Labute approximate surface area is 176 Å². The number of carbonyl (C=O) groups excluding carboxylic acids is 1. The number of carbonyl (C=O) groups is 1. The van der Waals surface area contributed by atoms with Crippen LogP contribution in [0.1, 0.15) is 23.0 Å². The molecule has 2 aromatic carbocycles. The number of nitrogens with one attached hydrogen (secondary N) is 1. The molecule has 1 aliphatic rings. The Balaban J connectivity index is 1.51. The summed E-state index contributed by atoms with van der Waals surface area (Å²) in [5.74, 6) is 0.725. The first-order valence-corrected chi connectivity index (χ1v) is 10.2. The maximum Gasteiger partial charge on any atom is 0.293 e. The summed E-state index contributed by atoms with van der Waals surface area (Å²) >= 11 is 0. The lowest BCUT2D eigenvalue weighted by Crippen LogP contribution is -2.43. The number of furan rings is 1. The molecule has 0 unspecified atom stereocenters. The highest BCUT2D eigenvalue weighted by molar-refractivity contribution is 6.04. The van der Waals surface area contributed by atoms with E-state index in [9.17, 15) is 4.79 Å². The molecular formula is C24H24N4O2. The van der Waals surface area contributed by atoms with E-state index < -0.39 is 0 Å². The van der Waals surface area contributed by atoms with Crippen LogP contribution in [0.4, 0.5) is 11.4 Å². The first kappa shape index (κ1) is 19.7. The summed E-state index contributed by atoms with van der Waals surface area (Å²) in [6.07, 6.45) is 0. The van der Waals surface area contributed by atoms with Gasteiger partial charge >= 0.3 is 0 Å². The third-order valence-corrected chi connectivity index (χ3v) is 5.32. The Morgan fingerprint density at radius 3 is 2.40 bits per heavy atom. The largest absolute Gasteiger partial charge is 0.451 e. The Kier molecular flexibility index (Phi) is 5.82. The van der Waals surface area contributed by atoms with Crippen molar-refractivity contribution in [1.29, 1.82) is 5.26 Å². The molecule has 1 fully saturated rings. The molecule has 0 spiro atoms. The lowest BCUT2D eigenvalue weighted by Gasteiger charge is -2.30. The molecule has 6 nitrogen and oxygen atoms in total. The van der Waals surface area contributed by atoms with Gasteiger partial charge in [0.2, 0.25) is 0 Å². The molecule has 30 heavy (non-hydrogen) atoms. The quantitative estimate of drug-likeness (QED) is 0.703. The molecule has 1 amide bonds. The molecule has 152 valence electrons. The van der Waals surface area contributed by atoms with Crippen LogP contribution in [0.3, 0.4) is 0 Å². The monoisotopic (exact) mass is 400 g/mol. The minimum Gasteiger partial charge on any atom is -0.451 e. The first-order chi connectivity index (χ1) is 14.7. The highest BCUT2D eigenvalue weighted by Crippen LogP contribution is 2.26. The average Bonchev–Trinajstić information content (AvgIpc) is 3.31. The first-order valence-electron chi connectivity index (χ1n) is 10.2. The van der Waals surface area contributed by atoms with Gasteiger partial charge in [-0.3, -0.25) is 4.79 Å². The molecule has 0 atom stereocenters. The predicted octanol–water partition coefficient (Wildman–Crippen LogP) is 3.89. The molecule has 2 heterocycles. The van der Waals surface area contributed by atoms with Crippen molar-refractivity contribution in [1.82, 2.24) is 5.32 Å². The highest BCUT2D eigenvalue weighted by Gasteiger charge is 2.20. The van der Waals surface area contributed by atoms with Crippen LogP contribution in [-0.4, -0.2) is 38.6 Å². The third-order valence-electron chi connectivity index (χ3n) is 5.32. The third kappa shape index (κ3) is 4.07. The zero-order valence-electron chi connectivity index (χ0n) is 17.0. The van der Waals surface area contributed by atoms with Crippen LogP contribution in [0.25, 0.3) is 11.3 Å². The maximum atomic E-state index is 13.1. The number of benzene rings is 2. The van der Waals surface area contributed by atoms with E-state index >= 15 is 0 Å². The smallest absolute Gasteiger partial charge is 0.293 e. The van der Waals surface area contributed by atoms with Crippen LogP contribution >= 0.6 is 0 Å². The van der Waals surface area contributed by atoms with Gasteiger partial charge in [0.15, 0.2) is 5.76 Å². The summed E-state index contributed by atoms with van der Waals surface area (Å²) in [5.41, 5.74) is 3.43. The van der Waals surface area contributed by atoms with Crippen molar-refractivity contribution in [2.75, 3.05) is 42.5 Å². The van der Waals surface area contributed by atoms with Gasteiger partial charge < -0.3 is 19.5 Å². The van der Waals surface area contributed by atoms with E-state index in [0.717, 1.165) is 37.4 Å². The molecule has 1 saturated heterocycles. The molecule has 6 heteroatoms. The number of nitrogens with zero attached hydrogens (tertiary/aromatic N) is 3. The van der Waals surface area contributed by atoms with Crippen LogP contribution in [0.15, 0.2) is 65.1 Å². The highest BCUT2D eigenvalue weighted by atomic mass is 16.4. The van der Waals surface area contributed by atoms with Crippen LogP contribution < -0.4 is 15.1 Å². The Bertz CT molecular complexity index is 1040. The molecule has 0 radical (unpaired) electrons. The molecule has 3 aromatic rings. The second kappa shape index (κ2) is 8.85. The minimum atomic E-state index is -0.174. The molecule has 4 rings (SSSR count). The van der Waals surface area contributed by atoms with E-state index in [2.05, 4.69) is 28.4 Å². The van der Waals surface area contributed by atoms with Crippen molar-refractivity contribution in [3.63, 3.8) is 0 Å². The van der Waals surface area contributed by atoms with Gasteiger partial charge in [-0.1, -0.05) is 0 Å². The van der Waals surface area contributed by atoms with Crippen molar-refractivity contribution in [2.45, 2.75) is 6.92 Å². The molecule has 0 saturated carbocycles. The number of nitriles is 1. The summed E-state index contributed by atoms with van der Waals surface area (Å²) in [6, 6.07) is 20.8. The Hall–Kier alpha value is -3.56. The number of anilines is 2. The van der Waals surface area contributed by atoms with Gasteiger partial charge in [-0.2, -0.15) is 5.26 Å². The maximum absolute atomic E-state index is 13.1. The van der Waals surface area contributed by atoms with Gasteiger partial charge in [0.25, 0.3) is 5.91 Å². The summed E-state index contributed by atoms with van der Waals surface area (Å²) in [4.78, 5) is 17.1. The Morgan fingerprint density at radius 2 is 1.77 bits per heavy atom. The van der Waals surface area contributed by atoms with Gasteiger partial charge in [-0.15, -0.1) is 0 Å². The van der Waals surface area contributed by atoms with E-state index in [1.54, 1.807) is 29.2 Å². The topological polar surface area (TPSA) is 72.5 Å².